The van der Waals surface area contributed by atoms with Crippen molar-refractivity contribution in [1.29, 1.82) is 0 Å². The number of thioether (sulfide) groups is 1. The van der Waals surface area contributed by atoms with Crippen molar-refractivity contribution < 1.29 is 19.1 Å². The van der Waals surface area contributed by atoms with E-state index in [0.717, 1.165) is 4.90 Å². The van der Waals surface area contributed by atoms with Gasteiger partial charge in [0.15, 0.2) is 5.76 Å². The van der Waals surface area contributed by atoms with Gasteiger partial charge in [-0.15, -0.1) is 11.8 Å². The van der Waals surface area contributed by atoms with Crippen molar-refractivity contribution in [3.8, 4) is 5.75 Å². The van der Waals surface area contributed by atoms with E-state index in [2.05, 4.69) is 5.10 Å². The minimum atomic E-state index is -0.729. The average molecular weight is 435 g/mol. The number of aromatic nitrogens is 2. The molecule has 2 heterocycles. The van der Waals surface area contributed by atoms with Crippen LogP contribution in [0.15, 0.2) is 56.7 Å². The monoisotopic (exact) mass is 434 g/mol. The molecule has 2 aromatic heterocycles. The zero-order chi connectivity index (χ0) is 21.0. The Balaban J connectivity index is 1.98. The van der Waals surface area contributed by atoms with Crippen molar-refractivity contribution in [2.45, 2.75) is 23.0 Å². The summed E-state index contributed by atoms with van der Waals surface area (Å²) in [4.78, 5) is 25.2. The van der Waals surface area contributed by atoms with Gasteiger partial charge in [-0.05, 0) is 18.2 Å². The molecule has 0 aliphatic rings. The Morgan fingerprint density at radius 1 is 1.38 bits per heavy atom. The van der Waals surface area contributed by atoms with Crippen LogP contribution >= 0.6 is 23.4 Å². The first kappa shape index (κ1) is 21.0. The van der Waals surface area contributed by atoms with Crippen LogP contribution in [0.1, 0.15) is 29.6 Å². The number of rotatable bonds is 7. The molecule has 0 spiro atoms. The highest BCUT2D eigenvalue weighted by molar-refractivity contribution is 7.98. The van der Waals surface area contributed by atoms with Gasteiger partial charge in [0.05, 0.1) is 30.2 Å². The third kappa shape index (κ3) is 4.83. The van der Waals surface area contributed by atoms with Gasteiger partial charge in [-0.3, -0.25) is 14.3 Å². The maximum Gasteiger partial charge on any atom is 0.306 e. The summed E-state index contributed by atoms with van der Waals surface area (Å²) in [5, 5.41) is 15.1. The van der Waals surface area contributed by atoms with Gasteiger partial charge in [-0.2, -0.15) is 5.10 Å². The number of nitrogens with zero attached hydrogens (tertiary/aromatic N) is 2. The quantitative estimate of drug-likeness (QED) is 0.447. The number of aryl methyl sites for hydroxylation is 1. The van der Waals surface area contributed by atoms with E-state index >= 15 is 0 Å². The number of esters is 1. The average Bonchev–Trinajstić information content (AvgIpc) is 3.13. The second-order valence-electron chi connectivity index (χ2n) is 6.22. The van der Waals surface area contributed by atoms with Gasteiger partial charge in [0.1, 0.15) is 5.76 Å². The molecule has 0 fully saturated rings. The van der Waals surface area contributed by atoms with E-state index in [1.54, 1.807) is 30.1 Å². The fourth-order valence-electron chi connectivity index (χ4n) is 2.88. The topological polar surface area (TPSA) is 94.6 Å². The molecule has 0 saturated heterocycles. The van der Waals surface area contributed by atoms with Crippen LogP contribution in [0.25, 0.3) is 0 Å². The summed E-state index contributed by atoms with van der Waals surface area (Å²) in [5.41, 5.74) is 0.0165. The molecule has 7 nitrogen and oxygen atoms in total. The number of carbonyl (C=O) groups is 1. The molecule has 3 aromatic rings. The third-order valence-corrected chi connectivity index (χ3v) is 5.87. The highest BCUT2D eigenvalue weighted by Gasteiger charge is 2.28. The van der Waals surface area contributed by atoms with Crippen molar-refractivity contribution in [1.82, 2.24) is 9.78 Å². The number of hydrogen-bond acceptors (Lipinski definition) is 7. The van der Waals surface area contributed by atoms with Crippen LogP contribution in [0.2, 0.25) is 5.02 Å². The van der Waals surface area contributed by atoms with Crippen LogP contribution in [0.4, 0.5) is 0 Å². The van der Waals surface area contributed by atoms with Crippen LogP contribution in [0, 0.1) is 0 Å². The maximum absolute atomic E-state index is 12.4. The Kier molecular flexibility index (Phi) is 6.66. The predicted octanol–water partition coefficient (Wildman–Crippen LogP) is 3.72. The molecule has 152 valence electrons. The van der Waals surface area contributed by atoms with Crippen molar-refractivity contribution in [3.05, 3.63) is 75.1 Å². The molecule has 1 N–H and O–H groups in total. The Morgan fingerprint density at radius 3 is 2.79 bits per heavy atom. The predicted molar refractivity (Wildman–Crippen MR) is 109 cm³/mol. The molecule has 3 rings (SSSR count). The number of aromatic hydroxyl groups is 1. The van der Waals surface area contributed by atoms with E-state index in [1.807, 2.05) is 18.2 Å². The molecular formula is C20H19ClN2O5S. The number of ether oxygens (including phenoxy) is 1. The zero-order valence-electron chi connectivity index (χ0n) is 15.8. The van der Waals surface area contributed by atoms with Gasteiger partial charge in [0, 0.05) is 29.9 Å². The minimum Gasteiger partial charge on any atom is -0.502 e. The molecule has 0 bridgehead atoms. The lowest BCUT2D eigenvalue weighted by Crippen LogP contribution is -2.16. The van der Waals surface area contributed by atoms with E-state index < -0.39 is 23.1 Å². The highest BCUT2D eigenvalue weighted by Crippen LogP contribution is 2.35. The summed E-state index contributed by atoms with van der Waals surface area (Å²) in [5.74, 6) is -1.10. The summed E-state index contributed by atoms with van der Waals surface area (Å²) in [6.45, 7) is 0. The molecule has 1 atom stereocenters. The molecule has 1 unspecified atom stereocenters. The van der Waals surface area contributed by atoms with Gasteiger partial charge in [0.25, 0.3) is 0 Å². The van der Waals surface area contributed by atoms with Crippen LogP contribution in [0.3, 0.4) is 0 Å². The molecule has 0 radical (unpaired) electrons. The van der Waals surface area contributed by atoms with Crippen molar-refractivity contribution in [2.24, 2.45) is 7.05 Å². The van der Waals surface area contributed by atoms with E-state index in [-0.39, 0.29) is 12.2 Å². The first-order valence-electron chi connectivity index (χ1n) is 8.68. The number of halogens is 1. The normalized spacial score (nSPS) is 12.0. The van der Waals surface area contributed by atoms with Gasteiger partial charge in [-0.25, -0.2) is 0 Å². The van der Waals surface area contributed by atoms with Crippen molar-refractivity contribution in [2.75, 3.05) is 7.11 Å². The Hall–Kier alpha value is -2.71. The van der Waals surface area contributed by atoms with Crippen LogP contribution in [-0.2, 0) is 22.3 Å². The third-order valence-electron chi connectivity index (χ3n) is 4.34. The summed E-state index contributed by atoms with van der Waals surface area (Å²) in [6.07, 6.45) is 1.44. The molecule has 9 heteroatoms. The highest BCUT2D eigenvalue weighted by atomic mass is 35.5. The molecular weight excluding hydrogens is 416 g/mol. The largest absolute Gasteiger partial charge is 0.502 e. The minimum absolute atomic E-state index is 0.00117. The summed E-state index contributed by atoms with van der Waals surface area (Å²) in [7, 11) is 2.97. The van der Waals surface area contributed by atoms with E-state index in [9.17, 15) is 14.7 Å². The number of hydrogen-bond donors (Lipinski definition) is 1. The summed E-state index contributed by atoms with van der Waals surface area (Å²) in [6, 6.07) is 10.3. The lowest BCUT2D eigenvalue weighted by molar-refractivity contribution is -0.141. The van der Waals surface area contributed by atoms with Crippen LogP contribution < -0.4 is 5.43 Å². The fraction of sp³-hybridized carbons (Fsp3) is 0.250. The van der Waals surface area contributed by atoms with Crippen molar-refractivity contribution in [3.63, 3.8) is 0 Å². The fourth-order valence-corrected chi connectivity index (χ4v) is 4.00. The van der Waals surface area contributed by atoms with E-state index in [0.29, 0.717) is 22.2 Å². The molecule has 1 aromatic carbocycles. The second-order valence-corrected chi connectivity index (χ2v) is 7.65. The van der Waals surface area contributed by atoms with E-state index in [4.69, 9.17) is 20.8 Å². The van der Waals surface area contributed by atoms with E-state index in [1.165, 1.54) is 24.9 Å². The second kappa shape index (κ2) is 9.19. The molecule has 29 heavy (non-hydrogen) atoms. The number of carbonyl (C=O) groups excluding carboxylic acids is 1. The van der Waals surface area contributed by atoms with Gasteiger partial charge < -0.3 is 14.3 Å². The maximum atomic E-state index is 12.4. The van der Waals surface area contributed by atoms with Crippen LogP contribution in [-0.4, -0.2) is 28.0 Å². The van der Waals surface area contributed by atoms with Crippen molar-refractivity contribution >= 4 is 29.3 Å². The molecule has 0 aliphatic carbocycles. The number of methoxy groups -OCH3 is 1. The Labute approximate surface area is 176 Å². The zero-order valence-corrected chi connectivity index (χ0v) is 17.4. The van der Waals surface area contributed by atoms with Gasteiger partial charge in [-0.1, -0.05) is 23.7 Å². The summed E-state index contributed by atoms with van der Waals surface area (Å²) < 4.78 is 12.2. The standard InChI is InChI=1S/C20H19ClN2O5S/c1-23-15(7-8-22-23)13(10-18(25)27-2)20-19(26)16(24)9-12(28-20)11-29-17-6-4-3-5-14(17)21/h3-9,13,26H,10-11H2,1-2H3. The van der Waals surface area contributed by atoms with Gasteiger partial charge in [0.2, 0.25) is 11.2 Å². The summed E-state index contributed by atoms with van der Waals surface area (Å²) >= 11 is 7.57. The smallest absolute Gasteiger partial charge is 0.306 e. The van der Waals surface area contributed by atoms with Crippen LogP contribution in [0.5, 0.6) is 5.75 Å². The number of benzene rings is 1. The Morgan fingerprint density at radius 2 is 2.14 bits per heavy atom. The first-order chi connectivity index (χ1) is 13.9. The SMILES string of the molecule is COC(=O)CC(c1oc(CSc2ccccc2Cl)cc(=O)c1O)c1ccnn1C. The lowest BCUT2D eigenvalue weighted by Gasteiger charge is -2.17. The van der Waals surface area contributed by atoms with Gasteiger partial charge >= 0.3 is 5.97 Å². The first-order valence-corrected chi connectivity index (χ1v) is 10.0. The lowest BCUT2D eigenvalue weighted by atomic mass is 9.97. The molecule has 0 aliphatic heterocycles. The molecule has 0 saturated carbocycles. The molecule has 0 amide bonds. The Bertz CT molecular complexity index is 1080.